The molecule has 0 aliphatic heterocycles. The largest absolute Gasteiger partial charge is 0.451 e. The monoisotopic (exact) mass is 235 g/mol. The molecule has 1 atom stereocenters. The van der Waals surface area contributed by atoms with Gasteiger partial charge in [-0.25, -0.2) is 4.39 Å². The zero-order valence-corrected chi connectivity index (χ0v) is 9.72. The predicted molar refractivity (Wildman–Crippen MR) is 62.3 cm³/mol. The summed E-state index contributed by atoms with van der Waals surface area (Å²) in [4.78, 5) is 0. The van der Waals surface area contributed by atoms with Crippen LogP contribution in [-0.4, -0.2) is 9.78 Å². The summed E-state index contributed by atoms with van der Waals surface area (Å²) in [5, 5.41) is 3.94. The average Bonchev–Trinajstić information content (AvgIpc) is 2.67. The number of aromatic nitrogens is 2. The lowest BCUT2D eigenvalue weighted by Crippen LogP contribution is -2.05. The molecular weight excluding hydrogens is 221 g/mol. The second-order valence-electron chi connectivity index (χ2n) is 3.93. The Kier molecular flexibility index (Phi) is 3.10. The number of aryl methyl sites for hydroxylation is 1. The predicted octanol–water partition coefficient (Wildman–Crippen LogP) is 2.37. The molecule has 2 aromatic rings. The minimum Gasteiger partial charge on any atom is -0.451 e. The van der Waals surface area contributed by atoms with Crippen molar-refractivity contribution >= 4 is 0 Å². The summed E-state index contributed by atoms with van der Waals surface area (Å²) in [6, 6.07) is 4.51. The number of rotatable bonds is 3. The molecule has 4 nitrogen and oxygen atoms in total. The smallest absolute Gasteiger partial charge is 0.166 e. The van der Waals surface area contributed by atoms with Gasteiger partial charge in [0.15, 0.2) is 17.3 Å². The quantitative estimate of drug-likeness (QED) is 0.888. The molecular formula is C12H14FN3O. The summed E-state index contributed by atoms with van der Waals surface area (Å²) < 4.78 is 20.6. The van der Waals surface area contributed by atoms with Gasteiger partial charge in [0, 0.05) is 13.1 Å². The highest BCUT2D eigenvalue weighted by Gasteiger charge is 2.08. The molecule has 0 aliphatic carbocycles. The molecule has 0 saturated heterocycles. The summed E-state index contributed by atoms with van der Waals surface area (Å²) in [5.74, 6) is 0.242. The first-order valence-electron chi connectivity index (χ1n) is 5.28. The van der Waals surface area contributed by atoms with Crippen LogP contribution >= 0.6 is 0 Å². The van der Waals surface area contributed by atoms with Gasteiger partial charge in [-0.2, -0.15) is 5.10 Å². The van der Waals surface area contributed by atoms with Crippen molar-refractivity contribution in [1.82, 2.24) is 9.78 Å². The average molecular weight is 235 g/mol. The van der Waals surface area contributed by atoms with E-state index in [0.717, 1.165) is 5.56 Å². The van der Waals surface area contributed by atoms with Crippen molar-refractivity contribution in [2.45, 2.75) is 13.0 Å². The van der Waals surface area contributed by atoms with E-state index in [9.17, 15) is 4.39 Å². The summed E-state index contributed by atoms with van der Waals surface area (Å²) >= 11 is 0. The van der Waals surface area contributed by atoms with Crippen molar-refractivity contribution in [1.29, 1.82) is 0 Å². The molecule has 0 bridgehead atoms. The van der Waals surface area contributed by atoms with Crippen molar-refractivity contribution in [3.63, 3.8) is 0 Å². The van der Waals surface area contributed by atoms with Gasteiger partial charge < -0.3 is 10.5 Å². The van der Waals surface area contributed by atoms with Crippen LogP contribution in [0, 0.1) is 5.82 Å². The van der Waals surface area contributed by atoms with Gasteiger partial charge in [0.2, 0.25) is 0 Å². The maximum Gasteiger partial charge on any atom is 0.166 e. The Bertz CT molecular complexity index is 522. The van der Waals surface area contributed by atoms with Crippen LogP contribution in [-0.2, 0) is 7.05 Å². The van der Waals surface area contributed by atoms with Gasteiger partial charge in [-0.15, -0.1) is 0 Å². The third-order valence-corrected chi connectivity index (χ3v) is 2.39. The summed E-state index contributed by atoms with van der Waals surface area (Å²) in [5.41, 5.74) is 6.40. The molecule has 2 rings (SSSR count). The highest BCUT2D eigenvalue weighted by Crippen LogP contribution is 2.25. The minimum absolute atomic E-state index is 0.169. The first-order chi connectivity index (χ1) is 8.06. The molecule has 0 radical (unpaired) electrons. The van der Waals surface area contributed by atoms with E-state index in [4.69, 9.17) is 10.5 Å². The van der Waals surface area contributed by atoms with Crippen molar-refractivity contribution < 1.29 is 9.13 Å². The molecule has 0 saturated carbocycles. The number of halogens is 1. The van der Waals surface area contributed by atoms with Crippen molar-refractivity contribution in [2.24, 2.45) is 12.8 Å². The normalized spacial score (nSPS) is 12.5. The van der Waals surface area contributed by atoms with Crippen molar-refractivity contribution in [3.8, 4) is 11.5 Å². The zero-order chi connectivity index (χ0) is 12.4. The zero-order valence-electron chi connectivity index (χ0n) is 9.72. The highest BCUT2D eigenvalue weighted by atomic mass is 19.1. The summed E-state index contributed by atoms with van der Waals surface area (Å²) in [6.07, 6.45) is 3.19. The Morgan fingerprint density at radius 2 is 2.24 bits per heavy atom. The second-order valence-corrected chi connectivity index (χ2v) is 3.93. The molecule has 1 aromatic carbocycles. The molecule has 1 aromatic heterocycles. The fraction of sp³-hybridized carbons (Fsp3) is 0.250. The maximum absolute atomic E-state index is 13.7. The fourth-order valence-corrected chi connectivity index (χ4v) is 1.46. The molecule has 5 heteroatoms. The Morgan fingerprint density at radius 1 is 1.47 bits per heavy atom. The Labute approximate surface area is 98.8 Å². The fourth-order valence-electron chi connectivity index (χ4n) is 1.46. The lowest BCUT2D eigenvalue weighted by Gasteiger charge is -2.08. The topological polar surface area (TPSA) is 53.1 Å². The number of hydrogen-bond donors (Lipinski definition) is 1. The molecule has 2 N–H and O–H groups in total. The SMILES string of the molecule is CC(N)c1ccc(Oc2cnn(C)c2)c(F)c1. The Hall–Kier alpha value is -1.88. The maximum atomic E-state index is 13.7. The van der Waals surface area contributed by atoms with Crippen molar-refractivity contribution in [3.05, 3.63) is 42.0 Å². The molecule has 1 heterocycles. The van der Waals surface area contributed by atoms with Crippen LogP contribution < -0.4 is 10.5 Å². The third-order valence-electron chi connectivity index (χ3n) is 2.39. The molecule has 17 heavy (non-hydrogen) atoms. The van der Waals surface area contributed by atoms with Gasteiger partial charge in [-0.3, -0.25) is 4.68 Å². The number of benzene rings is 1. The standard InChI is InChI=1S/C12H14FN3O/c1-8(14)9-3-4-12(11(13)5-9)17-10-6-15-16(2)7-10/h3-8H,14H2,1-2H3. The first kappa shape index (κ1) is 11.6. The molecule has 0 spiro atoms. The van der Waals surface area contributed by atoms with Crippen LogP contribution in [0.25, 0.3) is 0 Å². The van der Waals surface area contributed by atoms with E-state index in [1.807, 2.05) is 0 Å². The molecule has 1 unspecified atom stereocenters. The Balaban J connectivity index is 2.22. The van der Waals surface area contributed by atoms with E-state index in [2.05, 4.69) is 5.10 Å². The third kappa shape index (κ3) is 2.62. The van der Waals surface area contributed by atoms with Crippen LogP contribution in [0.4, 0.5) is 4.39 Å². The van der Waals surface area contributed by atoms with Crippen LogP contribution in [0.3, 0.4) is 0 Å². The number of nitrogens with zero attached hydrogens (tertiary/aromatic N) is 2. The lowest BCUT2D eigenvalue weighted by atomic mass is 10.1. The van der Waals surface area contributed by atoms with E-state index in [1.54, 1.807) is 37.0 Å². The van der Waals surface area contributed by atoms with E-state index in [0.29, 0.717) is 5.75 Å². The molecule has 0 fully saturated rings. The lowest BCUT2D eigenvalue weighted by molar-refractivity contribution is 0.441. The van der Waals surface area contributed by atoms with Crippen LogP contribution in [0.5, 0.6) is 11.5 Å². The number of nitrogens with two attached hydrogens (primary N) is 1. The van der Waals surface area contributed by atoms with Crippen LogP contribution in [0.1, 0.15) is 18.5 Å². The number of ether oxygens (including phenoxy) is 1. The van der Waals surface area contributed by atoms with Gasteiger partial charge in [-0.1, -0.05) is 6.07 Å². The van der Waals surface area contributed by atoms with Gasteiger partial charge >= 0.3 is 0 Å². The van der Waals surface area contributed by atoms with Gasteiger partial charge in [0.1, 0.15) is 0 Å². The van der Waals surface area contributed by atoms with Crippen LogP contribution in [0.15, 0.2) is 30.6 Å². The van der Waals surface area contributed by atoms with Gasteiger partial charge in [0.05, 0.1) is 12.4 Å². The summed E-state index contributed by atoms with van der Waals surface area (Å²) in [6.45, 7) is 1.80. The summed E-state index contributed by atoms with van der Waals surface area (Å²) in [7, 11) is 1.77. The second kappa shape index (κ2) is 4.55. The number of hydrogen-bond acceptors (Lipinski definition) is 3. The van der Waals surface area contributed by atoms with Crippen LogP contribution in [0.2, 0.25) is 0 Å². The van der Waals surface area contributed by atoms with Crippen molar-refractivity contribution in [2.75, 3.05) is 0 Å². The van der Waals surface area contributed by atoms with E-state index in [-0.39, 0.29) is 11.8 Å². The highest BCUT2D eigenvalue weighted by molar-refractivity contribution is 5.33. The Morgan fingerprint density at radius 3 is 2.76 bits per heavy atom. The van der Waals surface area contributed by atoms with E-state index in [1.165, 1.54) is 12.3 Å². The van der Waals surface area contributed by atoms with E-state index >= 15 is 0 Å². The first-order valence-corrected chi connectivity index (χ1v) is 5.28. The molecule has 90 valence electrons. The molecule has 0 amide bonds. The van der Waals surface area contributed by atoms with Gasteiger partial charge in [-0.05, 0) is 24.6 Å². The van der Waals surface area contributed by atoms with Gasteiger partial charge in [0.25, 0.3) is 0 Å². The van der Waals surface area contributed by atoms with E-state index < -0.39 is 5.82 Å². The minimum atomic E-state index is -0.427. The molecule has 0 aliphatic rings.